The first-order chi connectivity index (χ1) is 9.17. The molecular weight excluding hydrogens is 267 g/mol. The number of thioether (sulfide) groups is 1. The van der Waals surface area contributed by atoms with Gasteiger partial charge in [-0.05, 0) is 29.5 Å². The van der Waals surface area contributed by atoms with Crippen LogP contribution in [0.3, 0.4) is 0 Å². The monoisotopic (exact) mass is 284 g/mol. The van der Waals surface area contributed by atoms with Crippen LogP contribution in [-0.4, -0.2) is 31.2 Å². The first-order valence-corrected chi connectivity index (χ1v) is 7.09. The lowest BCUT2D eigenvalue weighted by Gasteiger charge is -2.02. The average Bonchev–Trinajstić information content (AvgIpc) is 2.41. The summed E-state index contributed by atoms with van der Waals surface area (Å²) < 4.78 is 23.2. The molecule has 0 aromatic heterocycles. The summed E-state index contributed by atoms with van der Waals surface area (Å²) >= 11 is 1.71. The summed E-state index contributed by atoms with van der Waals surface area (Å²) in [5.41, 5.74) is 0.582. The lowest BCUT2D eigenvalue weighted by Crippen LogP contribution is -2.04. The summed E-state index contributed by atoms with van der Waals surface area (Å²) in [7, 11) is 1.40. The van der Waals surface area contributed by atoms with Gasteiger partial charge < -0.3 is 9.47 Å². The van der Waals surface area contributed by atoms with E-state index in [1.54, 1.807) is 17.8 Å². The van der Waals surface area contributed by atoms with Crippen LogP contribution in [0, 0.1) is 5.82 Å². The smallest absolute Gasteiger partial charge is 0.330 e. The van der Waals surface area contributed by atoms with E-state index in [-0.39, 0.29) is 5.75 Å². The number of esters is 1. The number of carbonyl (C=O) groups is 1. The van der Waals surface area contributed by atoms with Gasteiger partial charge in [0.2, 0.25) is 0 Å². The number of halogens is 1. The van der Waals surface area contributed by atoms with Crippen molar-refractivity contribution in [3.63, 3.8) is 0 Å². The van der Waals surface area contributed by atoms with Crippen LogP contribution in [-0.2, 0) is 9.53 Å². The van der Waals surface area contributed by atoms with Gasteiger partial charge in [-0.2, -0.15) is 11.8 Å². The number of rotatable bonds is 7. The van der Waals surface area contributed by atoms with Gasteiger partial charge in [0.25, 0.3) is 0 Å². The fourth-order valence-electron chi connectivity index (χ4n) is 1.34. The molecule has 0 heterocycles. The third-order valence-corrected chi connectivity index (χ3v) is 3.13. The Labute approximate surface area is 116 Å². The van der Waals surface area contributed by atoms with Crippen LogP contribution in [0.2, 0.25) is 0 Å². The van der Waals surface area contributed by atoms with Crippen molar-refractivity contribution in [2.75, 3.05) is 25.2 Å². The van der Waals surface area contributed by atoms with Crippen LogP contribution in [0.5, 0.6) is 5.75 Å². The topological polar surface area (TPSA) is 35.5 Å². The highest BCUT2D eigenvalue weighted by Crippen LogP contribution is 2.18. The van der Waals surface area contributed by atoms with Crippen LogP contribution in [0.4, 0.5) is 4.39 Å². The van der Waals surface area contributed by atoms with E-state index in [0.29, 0.717) is 12.2 Å². The Bertz CT molecular complexity index is 446. The zero-order valence-electron chi connectivity index (χ0n) is 11.0. The second-order valence-corrected chi connectivity index (χ2v) is 4.99. The lowest BCUT2D eigenvalue weighted by molar-refractivity contribution is -0.137. The van der Waals surface area contributed by atoms with Crippen LogP contribution in [0.15, 0.2) is 24.3 Å². The van der Waals surface area contributed by atoms with Gasteiger partial charge in [-0.3, -0.25) is 0 Å². The molecule has 104 valence electrons. The Kier molecular flexibility index (Phi) is 7.03. The molecule has 3 nitrogen and oxygen atoms in total. The van der Waals surface area contributed by atoms with E-state index < -0.39 is 11.8 Å². The molecule has 1 rings (SSSR count). The van der Waals surface area contributed by atoms with Crippen LogP contribution >= 0.6 is 11.8 Å². The van der Waals surface area contributed by atoms with Crippen LogP contribution < -0.4 is 4.74 Å². The largest absolute Gasteiger partial charge is 0.494 e. The predicted molar refractivity (Wildman–Crippen MR) is 75.9 cm³/mol. The third-order valence-electron chi connectivity index (χ3n) is 2.26. The van der Waals surface area contributed by atoms with Crippen molar-refractivity contribution in [1.82, 2.24) is 0 Å². The zero-order valence-corrected chi connectivity index (χ0v) is 11.8. The van der Waals surface area contributed by atoms with Gasteiger partial charge in [0.05, 0.1) is 7.11 Å². The van der Waals surface area contributed by atoms with E-state index in [1.807, 2.05) is 6.92 Å². The van der Waals surface area contributed by atoms with Crippen molar-refractivity contribution in [2.24, 2.45) is 0 Å². The standard InChI is InChI=1S/C14H17FO3S/c1-3-19-9-8-18-14(16)7-5-11-4-6-13(17-2)12(15)10-11/h4-7,10H,3,8-9H2,1-2H3. The van der Waals surface area contributed by atoms with E-state index in [4.69, 9.17) is 9.47 Å². The van der Waals surface area contributed by atoms with E-state index in [9.17, 15) is 9.18 Å². The molecule has 0 atom stereocenters. The van der Waals surface area contributed by atoms with Gasteiger partial charge >= 0.3 is 5.97 Å². The highest BCUT2D eigenvalue weighted by Gasteiger charge is 2.02. The number of benzene rings is 1. The minimum absolute atomic E-state index is 0.177. The first kappa shape index (κ1) is 15.6. The molecule has 0 aliphatic rings. The molecule has 0 N–H and O–H groups in total. The predicted octanol–water partition coefficient (Wildman–Crippen LogP) is 3.14. The Balaban J connectivity index is 2.47. The maximum absolute atomic E-state index is 13.4. The summed E-state index contributed by atoms with van der Waals surface area (Å²) in [4.78, 5) is 11.4. The second-order valence-electron chi connectivity index (χ2n) is 3.59. The van der Waals surface area contributed by atoms with Crippen molar-refractivity contribution in [3.05, 3.63) is 35.7 Å². The molecule has 0 unspecified atom stereocenters. The Morgan fingerprint density at radius 2 is 2.26 bits per heavy atom. The fourth-order valence-corrected chi connectivity index (χ4v) is 1.83. The van der Waals surface area contributed by atoms with Gasteiger partial charge in [-0.15, -0.1) is 0 Å². The van der Waals surface area contributed by atoms with Crippen molar-refractivity contribution in [2.45, 2.75) is 6.92 Å². The minimum Gasteiger partial charge on any atom is -0.494 e. The molecule has 19 heavy (non-hydrogen) atoms. The first-order valence-electron chi connectivity index (χ1n) is 5.93. The molecule has 0 bridgehead atoms. The summed E-state index contributed by atoms with van der Waals surface area (Å²) in [6, 6.07) is 4.48. The Morgan fingerprint density at radius 3 is 2.89 bits per heavy atom. The lowest BCUT2D eigenvalue weighted by atomic mass is 10.2. The summed E-state index contributed by atoms with van der Waals surface area (Å²) in [5.74, 6) is 1.08. The molecule has 0 aliphatic carbocycles. The Hall–Kier alpha value is -1.49. The molecular formula is C14H17FO3S. The van der Waals surface area contributed by atoms with Crippen LogP contribution in [0.1, 0.15) is 12.5 Å². The quantitative estimate of drug-likeness (QED) is 0.438. The summed E-state index contributed by atoms with van der Waals surface area (Å²) in [6.45, 7) is 2.43. The van der Waals surface area contributed by atoms with E-state index in [0.717, 1.165) is 11.5 Å². The molecule has 0 aliphatic heterocycles. The third kappa shape index (κ3) is 5.79. The molecule has 1 aromatic carbocycles. The molecule has 0 spiro atoms. The number of carbonyl (C=O) groups excluding carboxylic acids is 1. The fraction of sp³-hybridized carbons (Fsp3) is 0.357. The SMILES string of the molecule is CCSCCOC(=O)C=Cc1ccc(OC)c(F)c1. The molecule has 5 heteroatoms. The van der Waals surface area contributed by atoms with Gasteiger partial charge in [0, 0.05) is 11.8 Å². The van der Waals surface area contributed by atoms with Crippen LogP contribution in [0.25, 0.3) is 6.08 Å². The highest BCUT2D eigenvalue weighted by molar-refractivity contribution is 7.99. The van der Waals surface area contributed by atoms with Gasteiger partial charge in [0.15, 0.2) is 11.6 Å². The van der Waals surface area contributed by atoms with E-state index in [2.05, 4.69) is 0 Å². The average molecular weight is 284 g/mol. The second kappa shape index (κ2) is 8.58. The Morgan fingerprint density at radius 1 is 1.47 bits per heavy atom. The van der Waals surface area contributed by atoms with Crippen molar-refractivity contribution >= 4 is 23.8 Å². The van der Waals surface area contributed by atoms with E-state index in [1.165, 1.54) is 31.4 Å². The number of hydrogen-bond donors (Lipinski definition) is 0. The number of methoxy groups -OCH3 is 1. The maximum Gasteiger partial charge on any atom is 0.330 e. The molecule has 0 amide bonds. The van der Waals surface area contributed by atoms with E-state index >= 15 is 0 Å². The van der Waals surface area contributed by atoms with Crippen molar-refractivity contribution < 1.29 is 18.7 Å². The number of hydrogen-bond acceptors (Lipinski definition) is 4. The maximum atomic E-state index is 13.4. The van der Waals surface area contributed by atoms with Gasteiger partial charge in [0.1, 0.15) is 6.61 Å². The molecule has 0 saturated carbocycles. The highest BCUT2D eigenvalue weighted by atomic mass is 32.2. The number of ether oxygens (including phenoxy) is 2. The van der Waals surface area contributed by atoms with Gasteiger partial charge in [-0.1, -0.05) is 13.0 Å². The molecule has 0 fully saturated rings. The van der Waals surface area contributed by atoms with Gasteiger partial charge in [-0.25, -0.2) is 9.18 Å². The molecule has 1 aromatic rings. The summed E-state index contributed by atoms with van der Waals surface area (Å²) in [6.07, 6.45) is 2.80. The summed E-state index contributed by atoms with van der Waals surface area (Å²) in [5, 5.41) is 0. The minimum atomic E-state index is -0.461. The van der Waals surface area contributed by atoms with Crippen molar-refractivity contribution in [3.8, 4) is 5.75 Å². The molecule has 0 saturated heterocycles. The zero-order chi connectivity index (χ0) is 14.1. The van der Waals surface area contributed by atoms with Crippen molar-refractivity contribution in [1.29, 1.82) is 0 Å². The molecule has 0 radical (unpaired) electrons. The normalized spacial score (nSPS) is 10.7.